The molecule has 0 aromatic heterocycles. The van der Waals surface area contributed by atoms with Gasteiger partial charge in [-0.1, -0.05) is 59.1 Å². The maximum absolute atomic E-state index is 15.4. The number of hydrazine groups is 1. The van der Waals surface area contributed by atoms with E-state index >= 15 is 4.79 Å². The van der Waals surface area contributed by atoms with Gasteiger partial charge in [-0.2, -0.15) is 5.01 Å². The van der Waals surface area contributed by atoms with Crippen molar-refractivity contribution in [2.24, 2.45) is 23.7 Å². The second-order valence-corrected chi connectivity index (χ2v) is 14.7. The number of halogens is 2. The summed E-state index contributed by atoms with van der Waals surface area (Å²) in [5.74, 6) is -6.50. The number of allylic oxidation sites excluding steroid dienone is 2. The Hall–Kier alpha value is -5.92. The number of nitro benzene ring substituents is 1. The summed E-state index contributed by atoms with van der Waals surface area (Å²) in [5.41, 5.74) is 2.81. The Morgan fingerprint density at radius 1 is 0.891 bits per heavy atom. The highest BCUT2D eigenvalue weighted by Crippen LogP contribution is 2.65. The summed E-state index contributed by atoms with van der Waals surface area (Å²) in [5, 5.41) is 24.6. The second kappa shape index (κ2) is 13.4. The topological polar surface area (TPSA) is 169 Å². The summed E-state index contributed by atoms with van der Waals surface area (Å²) < 4.78 is 11.0. The molecule has 55 heavy (non-hydrogen) atoms. The van der Waals surface area contributed by atoms with E-state index in [0.29, 0.717) is 21.9 Å². The second-order valence-electron chi connectivity index (χ2n) is 13.9. The molecular formula is C40H32Cl2N4O9. The molecule has 280 valence electrons. The van der Waals surface area contributed by atoms with Crippen molar-refractivity contribution in [2.75, 3.05) is 24.5 Å². The van der Waals surface area contributed by atoms with Crippen molar-refractivity contribution in [1.82, 2.24) is 5.01 Å². The van der Waals surface area contributed by atoms with Crippen LogP contribution in [0.25, 0.3) is 0 Å². The van der Waals surface area contributed by atoms with Gasteiger partial charge in [0.25, 0.3) is 17.5 Å². The number of methoxy groups -OCH3 is 2. The average molecular weight is 784 g/mol. The molecule has 3 fully saturated rings. The van der Waals surface area contributed by atoms with Crippen molar-refractivity contribution in [1.29, 1.82) is 0 Å². The highest BCUT2D eigenvalue weighted by atomic mass is 35.5. The van der Waals surface area contributed by atoms with E-state index in [9.17, 15) is 29.6 Å². The van der Waals surface area contributed by atoms with Crippen LogP contribution in [-0.4, -0.2) is 52.9 Å². The number of aromatic hydroxyl groups is 1. The minimum atomic E-state index is -1.70. The standard InChI is InChI=1S/C40H32Cl2N4O9/c1-54-24-13-6-20(7-14-24)40-29(37(49)45(39(40)51)43-31-17-8-21(41)18-30(31)42)19-28-25(34(40)27-4-3-5-32(55-2)35(27)47)15-16-26-33(28)38(50)44(36(26)48)22-9-11-23(12-10-22)46(52)53/h3-15,17-18,26,28-29,33-34,43,47H,16,19H2,1-2H3. The van der Waals surface area contributed by atoms with Gasteiger partial charge < -0.3 is 14.6 Å². The minimum absolute atomic E-state index is 0.00944. The van der Waals surface area contributed by atoms with Crippen LogP contribution < -0.4 is 19.8 Å². The first-order valence-electron chi connectivity index (χ1n) is 17.3. The maximum Gasteiger partial charge on any atom is 0.269 e. The van der Waals surface area contributed by atoms with Crippen molar-refractivity contribution >= 4 is 63.9 Å². The van der Waals surface area contributed by atoms with E-state index < -0.39 is 63.6 Å². The molecular weight excluding hydrogens is 751 g/mol. The summed E-state index contributed by atoms with van der Waals surface area (Å²) in [6, 6.07) is 21.5. The van der Waals surface area contributed by atoms with Crippen LogP contribution in [0, 0.1) is 33.8 Å². The largest absolute Gasteiger partial charge is 0.504 e. The molecule has 1 saturated carbocycles. The van der Waals surface area contributed by atoms with E-state index in [-0.39, 0.29) is 52.0 Å². The van der Waals surface area contributed by atoms with Gasteiger partial charge in [0.1, 0.15) is 5.75 Å². The smallest absolute Gasteiger partial charge is 0.269 e. The van der Waals surface area contributed by atoms with Crippen LogP contribution >= 0.6 is 23.2 Å². The number of benzene rings is 4. The summed E-state index contributed by atoms with van der Waals surface area (Å²) in [4.78, 5) is 70.7. The molecule has 2 aliphatic heterocycles. The third-order valence-electron chi connectivity index (χ3n) is 11.5. The lowest BCUT2D eigenvalue weighted by atomic mass is 9.49. The monoisotopic (exact) mass is 782 g/mol. The number of imide groups is 2. The number of hydrogen-bond acceptors (Lipinski definition) is 10. The molecule has 2 saturated heterocycles. The van der Waals surface area contributed by atoms with E-state index in [4.69, 9.17) is 32.7 Å². The van der Waals surface area contributed by atoms with Crippen LogP contribution in [0.2, 0.25) is 10.0 Å². The third-order valence-corrected chi connectivity index (χ3v) is 12.0. The van der Waals surface area contributed by atoms with Crippen LogP contribution in [-0.2, 0) is 24.6 Å². The molecule has 2 aliphatic carbocycles. The first kappa shape index (κ1) is 36.1. The number of carbonyl (C=O) groups excluding carboxylic acids is 4. The molecule has 2 N–H and O–H groups in total. The van der Waals surface area contributed by atoms with Crippen LogP contribution in [0.1, 0.15) is 29.9 Å². The number of non-ortho nitro benzene ring substituents is 1. The van der Waals surface area contributed by atoms with Crippen molar-refractivity contribution in [3.63, 3.8) is 0 Å². The van der Waals surface area contributed by atoms with Gasteiger partial charge in [0.05, 0.1) is 58.7 Å². The molecule has 2 heterocycles. The molecule has 4 amide bonds. The van der Waals surface area contributed by atoms with Gasteiger partial charge in [-0.15, -0.1) is 0 Å². The lowest BCUT2D eigenvalue weighted by molar-refractivity contribution is -0.384. The highest BCUT2D eigenvalue weighted by molar-refractivity contribution is 6.36. The van der Waals surface area contributed by atoms with E-state index in [1.54, 1.807) is 54.6 Å². The number of amides is 4. The third kappa shape index (κ3) is 5.35. The van der Waals surface area contributed by atoms with Crippen LogP contribution in [0.3, 0.4) is 0 Å². The zero-order valence-electron chi connectivity index (χ0n) is 29.3. The van der Waals surface area contributed by atoms with Crippen LogP contribution in [0.5, 0.6) is 17.2 Å². The molecule has 4 aliphatic rings. The van der Waals surface area contributed by atoms with Crippen molar-refractivity contribution in [2.45, 2.75) is 24.2 Å². The number of hydrogen-bond donors (Lipinski definition) is 2. The molecule has 4 aromatic carbocycles. The number of nitrogens with zero attached hydrogens (tertiary/aromatic N) is 3. The van der Waals surface area contributed by atoms with Gasteiger partial charge in [-0.05, 0) is 72.9 Å². The Morgan fingerprint density at radius 2 is 1.62 bits per heavy atom. The molecule has 6 unspecified atom stereocenters. The maximum atomic E-state index is 15.4. The van der Waals surface area contributed by atoms with Crippen molar-refractivity contribution in [3.8, 4) is 17.2 Å². The van der Waals surface area contributed by atoms with E-state index in [1.807, 2.05) is 6.08 Å². The quantitative estimate of drug-likeness (QED) is 0.0838. The van der Waals surface area contributed by atoms with Crippen molar-refractivity contribution in [3.05, 3.63) is 128 Å². The number of fused-ring (bicyclic) bond motifs is 4. The van der Waals surface area contributed by atoms with E-state index in [0.717, 1.165) is 9.91 Å². The molecule has 15 heteroatoms. The number of anilines is 2. The number of rotatable bonds is 8. The number of nitro groups is 1. The molecule has 13 nitrogen and oxygen atoms in total. The van der Waals surface area contributed by atoms with Crippen molar-refractivity contribution < 1.29 is 38.7 Å². The molecule has 6 atom stereocenters. The van der Waals surface area contributed by atoms with Gasteiger partial charge in [0.15, 0.2) is 11.5 Å². The van der Waals surface area contributed by atoms with Crippen LogP contribution in [0.15, 0.2) is 96.6 Å². The normalized spacial score (nSPS) is 25.6. The first-order chi connectivity index (χ1) is 26.4. The highest BCUT2D eigenvalue weighted by Gasteiger charge is 2.70. The SMILES string of the molecule is COc1ccc(C23C(=O)N(Nc4ccc(Cl)cc4Cl)C(=O)C2CC2C(=CCC4C(=O)N(c5ccc([N+](=O)[O-])cc5)C(=O)C42)C3c2cccc(OC)c2O)cc1. The zero-order valence-corrected chi connectivity index (χ0v) is 30.8. The number of nitrogens with one attached hydrogen (secondary N) is 1. The Bertz CT molecular complexity index is 2330. The minimum Gasteiger partial charge on any atom is -0.504 e. The summed E-state index contributed by atoms with van der Waals surface area (Å²) in [6.45, 7) is 0. The van der Waals surface area contributed by atoms with Gasteiger partial charge in [0.2, 0.25) is 11.8 Å². The molecule has 0 spiro atoms. The zero-order chi connectivity index (χ0) is 38.9. The number of carbonyl (C=O) groups is 4. The fourth-order valence-electron chi connectivity index (χ4n) is 9.10. The van der Waals surface area contributed by atoms with Gasteiger partial charge in [-0.25, -0.2) is 0 Å². The van der Waals surface area contributed by atoms with E-state index in [1.165, 1.54) is 44.6 Å². The number of phenols is 1. The Morgan fingerprint density at radius 3 is 2.27 bits per heavy atom. The van der Waals surface area contributed by atoms with Gasteiger partial charge in [0, 0.05) is 28.6 Å². The van der Waals surface area contributed by atoms with Gasteiger partial charge in [-0.3, -0.25) is 39.6 Å². The van der Waals surface area contributed by atoms with E-state index in [2.05, 4.69) is 5.43 Å². The average Bonchev–Trinajstić information content (AvgIpc) is 3.56. The Labute approximate surface area is 324 Å². The van der Waals surface area contributed by atoms with Gasteiger partial charge >= 0.3 is 0 Å². The predicted molar refractivity (Wildman–Crippen MR) is 201 cm³/mol. The lowest BCUT2D eigenvalue weighted by Crippen LogP contribution is -2.53. The predicted octanol–water partition coefficient (Wildman–Crippen LogP) is 6.81. The molecule has 0 bridgehead atoms. The molecule has 8 rings (SSSR count). The summed E-state index contributed by atoms with van der Waals surface area (Å²) >= 11 is 12.7. The lowest BCUT2D eigenvalue weighted by Gasteiger charge is -2.50. The Kier molecular flexibility index (Phi) is 8.81. The fourth-order valence-corrected chi connectivity index (χ4v) is 9.55. The number of para-hydroxylation sites is 1. The van der Waals surface area contributed by atoms with Crippen LogP contribution in [0.4, 0.5) is 17.1 Å². The first-order valence-corrected chi connectivity index (χ1v) is 18.1. The summed E-state index contributed by atoms with van der Waals surface area (Å²) in [7, 11) is 2.91. The number of phenolic OH excluding ortho intramolecular Hbond substituents is 1. The Balaban J connectivity index is 1.33. The number of ether oxygens (including phenoxy) is 2. The summed E-state index contributed by atoms with van der Waals surface area (Å²) in [6.07, 6.45) is 1.97. The molecule has 0 radical (unpaired) electrons. The molecule has 4 aromatic rings. The fraction of sp³-hybridized carbons (Fsp3) is 0.250.